The molecule has 0 aliphatic carbocycles. The van der Waals surface area contributed by atoms with Crippen LogP contribution < -0.4 is 11.0 Å². The molecule has 0 aliphatic heterocycles. The number of hydrogen-bond donors (Lipinski definition) is 4. The van der Waals surface area contributed by atoms with Crippen molar-refractivity contribution in [2.45, 2.75) is 5.54 Å². The Kier molecular flexibility index (Phi) is 6.35. The van der Waals surface area contributed by atoms with Gasteiger partial charge in [-0.1, -0.05) is 42.5 Å². The molecule has 0 saturated heterocycles. The highest BCUT2D eigenvalue weighted by atomic mass is 31.0. The van der Waals surface area contributed by atoms with E-state index in [0.717, 1.165) is 0 Å². The van der Waals surface area contributed by atoms with Crippen molar-refractivity contribution >= 4 is 25.3 Å². The van der Waals surface area contributed by atoms with Crippen LogP contribution in [0.2, 0.25) is 0 Å². The molecule has 0 aromatic heterocycles. The average molecular weight is 281 g/mol. The number of benzene rings is 2. The van der Waals surface area contributed by atoms with Crippen molar-refractivity contribution in [1.82, 2.24) is 0 Å². The zero-order chi connectivity index (χ0) is 14.3. The number of aliphatic hydroxyl groups excluding tert-OH is 3. The molecule has 0 saturated carbocycles. The minimum absolute atomic E-state index is 0.403. The monoisotopic (exact) mass is 281 g/mol. The van der Waals surface area contributed by atoms with Crippen molar-refractivity contribution in [1.29, 1.82) is 0 Å². The first-order chi connectivity index (χ1) is 9.06. The third kappa shape index (κ3) is 4.53. The molecule has 0 aliphatic rings. The zero-order valence-electron chi connectivity index (χ0n) is 10.7. The molecular weight excluding hydrogens is 261 g/mol. The van der Waals surface area contributed by atoms with Gasteiger partial charge in [-0.15, -0.1) is 9.24 Å². The summed E-state index contributed by atoms with van der Waals surface area (Å²) in [6, 6.07) is 14.7. The lowest BCUT2D eigenvalue weighted by Gasteiger charge is -2.20. The fourth-order valence-corrected chi connectivity index (χ4v) is 1.77. The van der Waals surface area contributed by atoms with E-state index in [1.165, 1.54) is 16.1 Å². The number of aliphatic hydroxyl groups is 3. The van der Waals surface area contributed by atoms with Crippen LogP contribution in [0, 0.1) is 0 Å². The summed E-state index contributed by atoms with van der Waals surface area (Å²) in [6.45, 7) is -1.21. The fraction of sp³-hybridized carbons (Fsp3) is 0.286. The molecule has 0 radical (unpaired) electrons. The quantitative estimate of drug-likeness (QED) is 0.597. The number of hydrogen-bond acceptors (Lipinski definition) is 4. The second kappa shape index (κ2) is 7.53. The lowest BCUT2D eigenvalue weighted by molar-refractivity contribution is 0.0698. The van der Waals surface area contributed by atoms with Crippen LogP contribution in [-0.4, -0.2) is 40.7 Å². The van der Waals surface area contributed by atoms with Gasteiger partial charge in [-0.05, 0) is 16.1 Å². The van der Waals surface area contributed by atoms with Crippen molar-refractivity contribution in [3.63, 3.8) is 0 Å². The van der Waals surface area contributed by atoms with Crippen LogP contribution in [-0.2, 0) is 0 Å². The fourth-order valence-electron chi connectivity index (χ4n) is 1.40. The molecule has 0 fully saturated rings. The lowest BCUT2D eigenvalue weighted by atomic mass is 10.1. The Hall–Kier alpha value is -1.03. The van der Waals surface area contributed by atoms with Gasteiger partial charge in [-0.3, -0.25) is 0 Å². The summed E-state index contributed by atoms with van der Waals surface area (Å²) in [5.74, 6) is 0. The first-order valence-corrected chi connectivity index (χ1v) is 6.49. The molecule has 5 N–H and O–H groups in total. The number of nitrogens with two attached hydrogens (primary N) is 1. The Morgan fingerprint density at radius 3 is 1.89 bits per heavy atom. The molecule has 0 heterocycles. The highest BCUT2D eigenvalue weighted by molar-refractivity contribution is 7.28. The summed E-state index contributed by atoms with van der Waals surface area (Å²) in [5.41, 5.74) is 3.94. The summed E-state index contributed by atoms with van der Waals surface area (Å²) >= 11 is 0. The molecule has 2 aromatic carbocycles. The smallest absolute Gasteiger partial charge is 0.0856 e. The Bertz CT molecular complexity index is 501. The topological polar surface area (TPSA) is 86.7 Å². The maximum Gasteiger partial charge on any atom is 0.0856 e. The Balaban J connectivity index is 0.000000203. The molecule has 19 heavy (non-hydrogen) atoms. The van der Waals surface area contributed by atoms with Crippen molar-refractivity contribution in [3.05, 3.63) is 42.5 Å². The van der Waals surface area contributed by atoms with Gasteiger partial charge in [0.2, 0.25) is 0 Å². The van der Waals surface area contributed by atoms with Gasteiger partial charge in [0.1, 0.15) is 0 Å². The van der Waals surface area contributed by atoms with E-state index >= 15 is 0 Å². The van der Waals surface area contributed by atoms with Crippen LogP contribution in [0.5, 0.6) is 0 Å². The third-order valence-corrected chi connectivity index (χ3v) is 3.27. The first kappa shape index (κ1) is 16.0. The van der Waals surface area contributed by atoms with E-state index in [1.54, 1.807) is 0 Å². The largest absolute Gasteiger partial charge is 0.394 e. The molecule has 0 spiro atoms. The SMILES string of the molecule is NC(CO)(CO)CO.Pc1cccc2ccccc12. The summed E-state index contributed by atoms with van der Waals surface area (Å²) < 4.78 is 0. The molecule has 4 nitrogen and oxygen atoms in total. The van der Waals surface area contributed by atoms with E-state index in [4.69, 9.17) is 21.1 Å². The minimum atomic E-state index is -1.21. The van der Waals surface area contributed by atoms with Gasteiger partial charge in [-0.2, -0.15) is 0 Å². The summed E-state index contributed by atoms with van der Waals surface area (Å²) in [7, 11) is 2.74. The van der Waals surface area contributed by atoms with Crippen LogP contribution in [0.3, 0.4) is 0 Å². The van der Waals surface area contributed by atoms with E-state index in [0.29, 0.717) is 0 Å². The van der Waals surface area contributed by atoms with Gasteiger partial charge < -0.3 is 21.1 Å². The Morgan fingerprint density at radius 2 is 1.42 bits per heavy atom. The van der Waals surface area contributed by atoms with Crippen LogP contribution in [0.25, 0.3) is 10.8 Å². The van der Waals surface area contributed by atoms with Crippen LogP contribution in [0.4, 0.5) is 0 Å². The lowest BCUT2D eigenvalue weighted by Crippen LogP contribution is -2.50. The normalized spacial score (nSPS) is 11.0. The molecule has 104 valence electrons. The van der Waals surface area contributed by atoms with E-state index in [-0.39, 0.29) is 0 Å². The van der Waals surface area contributed by atoms with Crippen molar-refractivity contribution < 1.29 is 15.3 Å². The molecule has 0 amide bonds. The van der Waals surface area contributed by atoms with E-state index in [9.17, 15) is 0 Å². The maximum absolute atomic E-state index is 8.34. The molecule has 1 atom stereocenters. The van der Waals surface area contributed by atoms with Gasteiger partial charge in [0, 0.05) is 0 Å². The van der Waals surface area contributed by atoms with Gasteiger partial charge in [0.05, 0.1) is 25.4 Å². The second-order valence-corrected chi connectivity index (χ2v) is 5.03. The standard InChI is InChI=1S/C10H9P.C4H11NO3/c11-10-7-3-5-8-4-1-2-6-9(8)10;5-4(1-6,2-7)3-8/h1-7H,11H2;6-8H,1-3,5H2. The van der Waals surface area contributed by atoms with Crippen molar-refractivity contribution in [3.8, 4) is 0 Å². The number of fused-ring (bicyclic) bond motifs is 1. The summed E-state index contributed by atoms with van der Waals surface area (Å²) in [6.07, 6.45) is 0. The highest BCUT2D eigenvalue weighted by Gasteiger charge is 2.20. The van der Waals surface area contributed by atoms with Gasteiger partial charge in [0.25, 0.3) is 0 Å². The molecular formula is C14H20NO3P. The minimum Gasteiger partial charge on any atom is -0.394 e. The van der Waals surface area contributed by atoms with Crippen molar-refractivity contribution in [2.75, 3.05) is 19.8 Å². The second-order valence-electron chi connectivity index (χ2n) is 4.41. The van der Waals surface area contributed by atoms with Gasteiger partial charge in [0.15, 0.2) is 0 Å². The van der Waals surface area contributed by atoms with Crippen LogP contribution in [0.1, 0.15) is 0 Å². The molecule has 2 rings (SSSR count). The van der Waals surface area contributed by atoms with Crippen LogP contribution in [0.15, 0.2) is 42.5 Å². The van der Waals surface area contributed by atoms with E-state index in [2.05, 4.69) is 51.7 Å². The number of rotatable bonds is 3. The Labute approximate surface area is 115 Å². The summed E-state index contributed by atoms with van der Waals surface area (Å²) in [5, 5.41) is 28.9. The first-order valence-electron chi connectivity index (χ1n) is 5.91. The highest BCUT2D eigenvalue weighted by Crippen LogP contribution is 2.12. The molecule has 0 bridgehead atoms. The molecule has 1 unspecified atom stereocenters. The predicted molar refractivity (Wildman–Crippen MR) is 81.5 cm³/mol. The average Bonchev–Trinajstić information content (AvgIpc) is 2.48. The van der Waals surface area contributed by atoms with Gasteiger partial charge >= 0.3 is 0 Å². The van der Waals surface area contributed by atoms with E-state index in [1.807, 2.05) is 0 Å². The third-order valence-electron chi connectivity index (χ3n) is 2.77. The molecule has 2 aromatic rings. The summed E-state index contributed by atoms with van der Waals surface area (Å²) in [4.78, 5) is 0. The Morgan fingerprint density at radius 1 is 0.895 bits per heavy atom. The van der Waals surface area contributed by atoms with Crippen molar-refractivity contribution in [2.24, 2.45) is 5.73 Å². The van der Waals surface area contributed by atoms with E-state index < -0.39 is 25.4 Å². The maximum atomic E-state index is 8.34. The zero-order valence-corrected chi connectivity index (χ0v) is 11.8. The van der Waals surface area contributed by atoms with Gasteiger partial charge in [-0.25, -0.2) is 0 Å². The molecule has 5 heteroatoms. The van der Waals surface area contributed by atoms with Crippen LogP contribution >= 0.6 is 9.24 Å². The predicted octanol–water partition coefficient (Wildman–Crippen LogP) is 0.00100.